The predicted molar refractivity (Wildman–Crippen MR) is 171 cm³/mol. The van der Waals surface area contributed by atoms with Gasteiger partial charge >= 0.3 is 0 Å². The maximum Gasteiger partial charge on any atom is 0.264 e. The minimum Gasteiger partial charge on any atom is -0.352 e. The molecule has 0 saturated heterocycles. The van der Waals surface area contributed by atoms with Crippen LogP contribution in [0.3, 0.4) is 0 Å². The molecular formula is C32H39Cl2N3O4S. The highest BCUT2D eigenvalue weighted by atomic mass is 35.5. The smallest absolute Gasteiger partial charge is 0.264 e. The maximum absolute atomic E-state index is 14.3. The van der Waals surface area contributed by atoms with Crippen molar-refractivity contribution in [2.45, 2.75) is 77.9 Å². The van der Waals surface area contributed by atoms with Gasteiger partial charge in [-0.1, -0.05) is 72.9 Å². The second-order valence-corrected chi connectivity index (χ2v) is 13.3. The molecule has 0 fully saturated rings. The van der Waals surface area contributed by atoms with E-state index in [1.54, 1.807) is 43.3 Å². The van der Waals surface area contributed by atoms with Crippen LogP contribution in [-0.2, 0) is 26.2 Å². The maximum atomic E-state index is 14.3. The third kappa shape index (κ3) is 8.06. The van der Waals surface area contributed by atoms with Crippen LogP contribution in [0, 0.1) is 20.8 Å². The first-order valence-electron chi connectivity index (χ1n) is 14.0. The Kier molecular flexibility index (Phi) is 11.5. The Balaban J connectivity index is 2.12. The van der Waals surface area contributed by atoms with Gasteiger partial charge in [0.1, 0.15) is 12.6 Å². The van der Waals surface area contributed by atoms with Crippen LogP contribution in [0.25, 0.3) is 0 Å². The Morgan fingerprint density at radius 1 is 0.857 bits per heavy atom. The predicted octanol–water partition coefficient (Wildman–Crippen LogP) is 6.84. The molecule has 3 aromatic carbocycles. The van der Waals surface area contributed by atoms with E-state index < -0.39 is 28.5 Å². The van der Waals surface area contributed by atoms with Gasteiger partial charge < -0.3 is 10.2 Å². The van der Waals surface area contributed by atoms with Gasteiger partial charge in [0, 0.05) is 12.6 Å². The number of sulfonamides is 1. The molecule has 0 bridgehead atoms. The molecule has 3 rings (SSSR count). The minimum absolute atomic E-state index is 0.0351. The normalized spacial score (nSPS) is 12.9. The van der Waals surface area contributed by atoms with E-state index in [4.69, 9.17) is 23.2 Å². The highest BCUT2D eigenvalue weighted by Crippen LogP contribution is 2.29. The zero-order valence-electron chi connectivity index (χ0n) is 24.9. The summed E-state index contributed by atoms with van der Waals surface area (Å²) in [6.45, 7) is 10.8. The highest BCUT2D eigenvalue weighted by molar-refractivity contribution is 7.92. The van der Waals surface area contributed by atoms with E-state index in [1.165, 1.54) is 17.0 Å². The van der Waals surface area contributed by atoms with Crippen molar-refractivity contribution in [2.24, 2.45) is 0 Å². The lowest BCUT2D eigenvalue weighted by molar-refractivity contribution is -0.140. The van der Waals surface area contributed by atoms with E-state index in [0.717, 1.165) is 21.9 Å². The fourth-order valence-electron chi connectivity index (χ4n) is 4.53. The van der Waals surface area contributed by atoms with E-state index in [1.807, 2.05) is 46.8 Å². The van der Waals surface area contributed by atoms with Crippen molar-refractivity contribution in [3.8, 4) is 0 Å². The average Bonchev–Trinajstić information content (AvgIpc) is 2.94. The molecule has 0 spiro atoms. The van der Waals surface area contributed by atoms with Gasteiger partial charge in [-0.25, -0.2) is 8.42 Å². The first-order valence-corrected chi connectivity index (χ1v) is 16.2. The third-order valence-corrected chi connectivity index (χ3v) is 9.76. The van der Waals surface area contributed by atoms with E-state index in [-0.39, 0.29) is 23.4 Å². The fraction of sp³-hybridized carbons (Fsp3) is 0.375. The molecule has 0 aliphatic rings. The summed E-state index contributed by atoms with van der Waals surface area (Å²) in [5, 5.41) is 3.66. The van der Waals surface area contributed by atoms with Gasteiger partial charge in [0.2, 0.25) is 11.8 Å². The number of nitrogens with one attached hydrogen (secondary N) is 1. The zero-order chi connectivity index (χ0) is 31.2. The van der Waals surface area contributed by atoms with Gasteiger partial charge in [-0.15, -0.1) is 0 Å². The van der Waals surface area contributed by atoms with Gasteiger partial charge in [0.15, 0.2) is 0 Å². The van der Waals surface area contributed by atoms with E-state index in [2.05, 4.69) is 5.32 Å². The van der Waals surface area contributed by atoms with Crippen LogP contribution in [0.4, 0.5) is 5.69 Å². The number of hydrogen-bond donors (Lipinski definition) is 1. The molecule has 0 saturated carbocycles. The molecule has 0 heterocycles. The van der Waals surface area contributed by atoms with E-state index in [0.29, 0.717) is 33.3 Å². The molecule has 0 radical (unpaired) electrons. The van der Waals surface area contributed by atoms with Crippen LogP contribution in [-0.4, -0.2) is 43.8 Å². The van der Waals surface area contributed by atoms with Gasteiger partial charge in [0.25, 0.3) is 10.0 Å². The van der Waals surface area contributed by atoms with Crippen molar-refractivity contribution >= 4 is 50.7 Å². The quantitative estimate of drug-likeness (QED) is 0.237. The summed E-state index contributed by atoms with van der Waals surface area (Å²) in [4.78, 5) is 29.2. The summed E-state index contributed by atoms with van der Waals surface area (Å²) in [7, 11) is -4.15. The molecule has 42 heavy (non-hydrogen) atoms. The average molecular weight is 633 g/mol. The topological polar surface area (TPSA) is 86.8 Å². The molecule has 7 nitrogen and oxygen atoms in total. The van der Waals surface area contributed by atoms with E-state index >= 15 is 0 Å². The van der Waals surface area contributed by atoms with Crippen molar-refractivity contribution in [1.82, 2.24) is 10.2 Å². The number of carbonyl (C=O) groups excluding carboxylic acids is 2. The monoisotopic (exact) mass is 631 g/mol. The molecule has 10 heteroatoms. The summed E-state index contributed by atoms with van der Waals surface area (Å²) in [5.74, 6) is -0.830. The number of carbonyl (C=O) groups is 2. The summed E-state index contributed by atoms with van der Waals surface area (Å²) in [6.07, 6.45) is 1.04. The second-order valence-electron chi connectivity index (χ2n) is 10.6. The molecule has 0 aliphatic heterocycles. The van der Waals surface area contributed by atoms with Crippen molar-refractivity contribution in [3.63, 3.8) is 0 Å². The van der Waals surface area contributed by atoms with E-state index in [9.17, 15) is 18.0 Å². The summed E-state index contributed by atoms with van der Waals surface area (Å²) in [6, 6.07) is 16.1. The van der Waals surface area contributed by atoms with Crippen molar-refractivity contribution in [3.05, 3.63) is 93.0 Å². The van der Waals surface area contributed by atoms with Gasteiger partial charge in [-0.2, -0.15) is 0 Å². The van der Waals surface area contributed by atoms with Crippen LogP contribution >= 0.6 is 23.2 Å². The van der Waals surface area contributed by atoms with Gasteiger partial charge in [-0.05, 0) is 87.6 Å². The molecular weight excluding hydrogens is 593 g/mol. The number of halogens is 2. The van der Waals surface area contributed by atoms with Crippen molar-refractivity contribution in [1.29, 1.82) is 0 Å². The molecule has 3 aromatic rings. The Morgan fingerprint density at radius 2 is 1.50 bits per heavy atom. The molecule has 0 aliphatic carbocycles. The third-order valence-electron chi connectivity index (χ3n) is 7.25. The number of anilines is 1. The zero-order valence-corrected chi connectivity index (χ0v) is 27.3. The Morgan fingerprint density at radius 3 is 2.10 bits per heavy atom. The number of nitrogens with zero attached hydrogens (tertiary/aromatic N) is 2. The molecule has 226 valence electrons. The number of aryl methyl sites for hydroxylation is 3. The Bertz CT molecular complexity index is 1530. The summed E-state index contributed by atoms with van der Waals surface area (Å²) < 4.78 is 29.4. The number of rotatable bonds is 12. The van der Waals surface area contributed by atoms with Gasteiger partial charge in [-0.3, -0.25) is 13.9 Å². The lowest BCUT2D eigenvalue weighted by Gasteiger charge is -2.34. The van der Waals surface area contributed by atoms with Crippen molar-refractivity contribution in [2.75, 3.05) is 10.8 Å². The lowest BCUT2D eigenvalue weighted by atomic mass is 10.1. The van der Waals surface area contributed by atoms with Crippen LogP contribution in [0.15, 0.2) is 65.6 Å². The molecule has 2 atom stereocenters. The van der Waals surface area contributed by atoms with Crippen molar-refractivity contribution < 1.29 is 18.0 Å². The fourth-order valence-corrected chi connectivity index (χ4v) is 6.33. The highest BCUT2D eigenvalue weighted by Gasteiger charge is 2.34. The number of benzene rings is 3. The second kappa shape index (κ2) is 14.4. The first-order chi connectivity index (χ1) is 19.8. The summed E-state index contributed by atoms with van der Waals surface area (Å²) in [5.41, 5.74) is 3.51. The molecule has 1 N–H and O–H groups in total. The Labute approximate surface area is 259 Å². The number of hydrogen-bond acceptors (Lipinski definition) is 4. The number of amides is 2. The van der Waals surface area contributed by atoms with Crippen LogP contribution in [0.2, 0.25) is 10.0 Å². The Hall–Kier alpha value is -3.07. The largest absolute Gasteiger partial charge is 0.352 e. The SMILES string of the molecule is CC[C@@H](C)NC(=O)[C@@H](CC)N(Cc1ccc(Cl)c(Cl)c1)C(=O)CN(c1cc(C)ccc1C)S(=O)(=O)c1ccc(C)cc1. The lowest BCUT2D eigenvalue weighted by Crippen LogP contribution is -2.53. The first kappa shape index (κ1) is 33.4. The van der Waals surface area contributed by atoms with Crippen LogP contribution < -0.4 is 9.62 Å². The van der Waals surface area contributed by atoms with Crippen LogP contribution in [0.5, 0.6) is 0 Å². The molecule has 0 unspecified atom stereocenters. The van der Waals surface area contributed by atoms with Gasteiger partial charge in [0.05, 0.1) is 20.6 Å². The molecule has 0 aromatic heterocycles. The summed E-state index contributed by atoms with van der Waals surface area (Å²) >= 11 is 12.4. The minimum atomic E-state index is -4.15. The standard InChI is InChI=1S/C32H39Cl2N3O4S/c1-7-24(6)35-32(39)29(8-2)36(19-25-13-16-27(33)28(34)18-25)31(38)20-37(30-17-22(4)9-12-23(30)5)42(40,41)26-14-10-21(3)11-15-26/h9-18,24,29H,7-8,19-20H2,1-6H3,(H,35,39)/t24-,29-/m1/s1. The van der Waals surface area contributed by atoms with Crippen LogP contribution in [0.1, 0.15) is 55.9 Å². The molecule has 2 amide bonds.